The first-order valence-electron chi connectivity index (χ1n) is 6.74. The molecule has 0 aliphatic heterocycles. The SMILES string of the molecule is COCCN(CC(C)C)c1cc(Br)ccc1C(C)N. The van der Waals surface area contributed by atoms with Crippen LogP contribution in [0.15, 0.2) is 22.7 Å². The van der Waals surface area contributed by atoms with Crippen molar-refractivity contribution in [3.8, 4) is 0 Å². The molecule has 0 aliphatic carbocycles. The van der Waals surface area contributed by atoms with Gasteiger partial charge in [0.05, 0.1) is 6.61 Å². The lowest BCUT2D eigenvalue weighted by atomic mass is 10.0. The number of benzene rings is 1. The number of halogens is 1. The lowest BCUT2D eigenvalue weighted by molar-refractivity contribution is 0.204. The fraction of sp³-hybridized carbons (Fsp3) is 0.600. The summed E-state index contributed by atoms with van der Waals surface area (Å²) in [5.41, 5.74) is 8.47. The standard InChI is InChI=1S/C15H25BrN2O/c1-11(2)10-18(7-8-19-4)15-9-13(16)5-6-14(15)12(3)17/h5-6,9,11-12H,7-8,10,17H2,1-4H3. The predicted molar refractivity (Wildman–Crippen MR) is 85.7 cm³/mol. The van der Waals surface area contributed by atoms with Gasteiger partial charge in [-0.1, -0.05) is 35.8 Å². The average Bonchev–Trinajstić information content (AvgIpc) is 2.33. The maximum atomic E-state index is 6.09. The van der Waals surface area contributed by atoms with E-state index in [0.717, 1.165) is 24.2 Å². The van der Waals surface area contributed by atoms with Crippen molar-refractivity contribution in [3.63, 3.8) is 0 Å². The van der Waals surface area contributed by atoms with E-state index in [4.69, 9.17) is 10.5 Å². The number of hydrogen-bond donors (Lipinski definition) is 1. The fourth-order valence-electron chi connectivity index (χ4n) is 2.13. The number of ether oxygens (including phenoxy) is 1. The molecule has 4 heteroatoms. The van der Waals surface area contributed by atoms with Gasteiger partial charge in [0.15, 0.2) is 0 Å². The second kappa shape index (κ2) is 7.88. The van der Waals surface area contributed by atoms with Crippen LogP contribution in [0.5, 0.6) is 0 Å². The van der Waals surface area contributed by atoms with Crippen molar-refractivity contribution < 1.29 is 4.74 Å². The Bertz CT molecular complexity index is 394. The van der Waals surface area contributed by atoms with Crippen molar-refractivity contribution in [3.05, 3.63) is 28.2 Å². The molecule has 0 bridgehead atoms. The molecule has 1 unspecified atom stereocenters. The van der Waals surface area contributed by atoms with Gasteiger partial charge in [-0.25, -0.2) is 0 Å². The van der Waals surface area contributed by atoms with Gasteiger partial charge in [0.2, 0.25) is 0 Å². The molecule has 0 saturated heterocycles. The molecule has 0 radical (unpaired) electrons. The van der Waals surface area contributed by atoms with E-state index >= 15 is 0 Å². The average molecular weight is 329 g/mol. The third-order valence-corrected chi connectivity index (χ3v) is 3.47. The van der Waals surface area contributed by atoms with Gasteiger partial charge in [-0.05, 0) is 30.5 Å². The quantitative estimate of drug-likeness (QED) is 0.831. The molecule has 19 heavy (non-hydrogen) atoms. The van der Waals surface area contributed by atoms with Crippen molar-refractivity contribution in [1.29, 1.82) is 0 Å². The second-order valence-electron chi connectivity index (χ2n) is 5.32. The molecule has 0 heterocycles. The van der Waals surface area contributed by atoms with Gasteiger partial charge in [0.1, 0.15) is 0 Å². The van der Waals surface area contributed by atoms with Crippen molar-refractivity contribution in [1.82, 2.24) is 0 Å². The minimum atomic E-state index is 0.0281. The van der Waals surface area contributed by atoms with E-state index in [0.29, 0.717) is 5.92 Å². The highest BCUT2D eigenvalue weighted by Crippen LogP contribution is 2.29. The molecule has 1 atom stereocenters. The summed E-state index contributed by atoms with van der Waals surface area (Å²) >= 11 is 3.55. The monoisotopic (exact) mass is 328 g/mol. The summed E-state index contributed by atoms with van der Waals surface area (Å²) < 4.78 is 6.30. The first kappa shape index (κ1) is 16.5. The largest absolute Gasteiger partial charge is 0.383 e. The summed E-state index contributed by atoms with van der Waals surface area (Å²) in [5, 5.41) is 0. The van der Waals surface area contributed by atoms with E-state index in [1.165, 1.54) is 11.3 Å². The van der Waals surface area contributed by atoms with Crippen LogP contribution >= 0.6 is 15.9 Å². The van der Waals surface area contributed by atoms with Crippen LogP contribution in [0.4, 0.5) is 5.69 Å². The highest BCUT2D eigenvalue weighted by molar-refractivity contribution is 9.10. The summed E-state index contributed by atoms with van der Waals surface area (Å²) in [4.78, 5) is 2.36. The van der Waals surface area contributed by atoms with Crippen LogP contribution in [0.3, 0.4) is 0 Å². The van der Waals surface area contributed by atoms with E-state index in [2.05, 4.69) is 46.8 Å². The number of rotatable bonds is 7. The molecule has 1 aromatic carbocycles. The Labute approximate surface area is 125 Å². The molecule has 2 N–H and O–H groups in total. The zero-order valence-corrected chi connectivity index (χ0v) is 13.9. The number of methoxy groups -OCH3 is 1. The normalized spacial score (nSPS) is 12.8. The Hall–Kier alpha value is -0.580. The van der Waals surface area contributed by atoms with E-state index in [1.54, 1.807) is 7.11 Å². The summed E-state index contributed by atoms with van der Waals surface area (Å²) in [7, 11) is 1.74. The third-order valence-electron chi connectivity index (χ3n) is 2.97. The molecule has 1 aromatic rings. The first-order chi connectivity index (χ1) is 8.95. The van der Waals surface area contributed by atoms with E-state index in [1.807, 2.05) is 13.0 Å². The smallest absolute Gasteiger partial charge is 0.0637 e. The van der Waals surface area contributed by atoms with Crippen LogP contribution < -0.4 is 10.6 Å². The minimum absolute atomic E-state index is 0.0281. The minimum Gasteiger partial charge on any atom is -0.383 e. The maximum Gasteiger partial charge on any atom is 0.0637 e. The van der Waals surface area contributed by atoms with Gasteiger partial charge >= 0.3 is 0 Å². The predicted octanol–water partition coefficient (Wildman–Crippen LogP) is 3.58. The summed E-state index contributed by atoms with van der Waals surface area (Å²) in [6.45, 7) is 9.07. The van der Waals surface area contributed by atoms with Gasteiger partial charge in [-0.2, -0.15) is 0 Å². The Kier molecular flexibility index (Phi) is 6.83. The highest BCUT2D eigenvalue weighted by Gasteiger charge is 2.15. The Balaban J connectivity index is 3.07. The molecule has 3 nitrogen and oxygen atoms in total. The van der Waals surface area contributed by atoms with Crippen molar-refractivity contribution in [2.24, 2.45) is 11.7 Å². The molecule has 0 aliphatic rings. The summed E-state index contributed by atoms with van der Waals surface area (Å²) in [5.74, 6) is 0.594. The van der Waals surface area contributed by atoms with Crippen molar-refractivity contribution in [2.45, 2.75) is 26.8 Å². The lowest BCUT2D eigenvalue weighted by Gasteiger charge is -2.29. The lowest BCUT2D eigenvalue weighted by Crippen LogP contribution is -2.32. The Morgan fingerprint density at radius 1 is 1.32 bits per heavy atom. The molecular formula is C15H25BrN2O. The first-order valence-corrected chi connectivity index (χ1v) is 7.54. The number of nitrogens with two attached hydrogens (primary N) is 1. The molecule has 0 amide bonds. The molecular weight excluding hydrogens is 304 g/mol. The van der Waals surface area contributed by atoms with Gasteiger partial charge < -0.3 is 15.4 Å². The van der Waals surface area contributed by atoms with Crippen LogP contribution in [-0.2, 0) is 4.74 Å². The number of nitrogens with zero attached hydrogens (tertiary/aromatic N) is 1. The molecule has 0 saturated carbocycles. The van der Waals surface area contributed by atoms with Crippen molar-refractivity contribution >= 4 is 21.6 Å². The summed E-state index contributed by atoms with van der Waals surface area (Å²) in [6.07, 6.45) is 0. The van der Waals surface area contributed by atoms with Crippen LogP contribution in [0.25, 0.3) is 0 Å². The third kappa shape index (κ3) is 5.13. The van der Waals surface area contributed by atoms with Gasteiger partial charge in [0.25, 0.3) is 0 Å². The van der Waals surface area contributed by atoms with Crippen LogP contribution in [0.2, 0.25) is 0 Å². The highest BCUT2D eigenvalue weighted by atomic mass is 79.9. The van der Waals surface area contributed by atoms with Gasteiger partial charge in [-0.3, -0.25) is 0 Å². The molecule has 0 aromatic heterocycles. The topological polar surface area (TPSA) is 38.5 Å². The Morgan fingerprint density at radius 3 is 2.53 bits per heavy atom. The van der Waals surface area contributed by atoms with Crippen molar-refractivity contribution in [2.75, 3.05) is 31.7 Å². The molecule has 1 rings (SSSR count). The van der Waals surface area contributed by atoms with E-state index < -0.39 is 0 Å². The second-order valence-corrected chi connectivity index (χ2v) is 6.24. The van der Waals surface area contributed by atoms with Crippen LogP contribution in [0, 0.1) is 5.92 Å². The molecule has 0 fully saturated rings. The van der Waals surface area contributed by atoms with Crippen LogP contribution in [-0.4, -0.2) is 26.8 Å². The van der Waals surface area contributed by atoms with Gasteiger partial charge in [0, 0.05) is 36.4 Å². The van der Waals surface area contributed by atoms with Gasteiger partial charge in [-0.15, -0.1) is 0 Å². The fourth-order valence-corrected chi connectivity index (χ4v) is 2.48. The molecule has 0 spiro atoms. The zero-order valence-electron chi connectivity index (χ0n) is 12.3. The summed E-state index contributed by atoms with van der Waals surface area (Å²) in [6, 6.07) is 6.33. The number of anilines is 1. The van der Waals surface area contributed by atoms with E-state index in [-0.39, 0.29) is 6.04 Å². The Morgan fingerprint density at radius 2 is 2.00 bits per heavy atom. The molecule has 108 valence electrons. The zero-order chi connectivity index (χ0) is 14.4. The number of hydrogen-bond acceptors (Lipinski definition) is 3. The van der Waals surface area contributed by atoms with E-state index in [9.17, 15) is 0 Å². The van der Waals surface area contributed by atoms with Crippen LogP contribution in [0.1, 0.15) is 32.4 Å². The maximum absolute atomic E-state index is 6.09.